The molecule has 0 spiro atoms. The van der Waals surface area contributed by atoms with Crippen molar-refractivity contribution in [2.45, 2.75) is 44.8 Å². The lowest BCUT2D eigenvalue weighted by Gasteiger charge is -2.13. The summed E-state index contributed by atoms with van der Waals surface area (Å²) >= 11 is 0. The van der Waals surface area contributed by atoms with Crippen LogP contribution < -0.4 is 11.1 Å². The van der Waals surface area contributed by atoms with Gasteiger partial charge >= 0.3 is 5.97 Å². The molecule has 1 amide bonds. The summed E-state index contributed by atoms with van der Waals surface area (Å²) in [5.41, 5.74) is 5.42. The van der Waals surface area contributed by atoms with Crippen molar-refractivity contribution in [3.05, 3.63) is 0 Å². The van der Waals surface area contributed by atoms with Crippen molar-refractivity contribution in [2.75, 3.05) is 19.8 Å². The van der Waals surface area contributed by atoms with Gasteiger partial charge < -0.3 is 20.5 Å². The van der Waals surface area contributed by atoms with Crippen molar-refractivity contribution in [1.82, 2.24) is 5.32 Å². The normalized spacial score (nSPS) is 17.4. The predicted molar refractivity (Wildman–Crippen MR) is 65.8 cm³/mol. The van der Waals surface area contributed by atoms with E-state index in [-0.39, 0.29) is 6.61 Å². The fraction of sp³-hybridized carbons (Fsp3) is 0.833. The van der Waals surface area contributed by atoms with E-state index in [0.29, 0.717) is 19.3 Å². The first-order valence-electron chi connectivity index (χ1n) is 6.46. The van der Waals surface area contributed by atoms with Crippen LogP contribution in [0.2, 0.25) is 0 Å². The highest BCUT2D eigenvalue weighted by molar-refractivity contribution is 6.01. The van der Waals surface area contributed by atoms with Crippen molar-refractivity contribution >= 4 is 11.9 Å². The summed E-state index contributed by atoms with van der Waals surface area (Å²) < 4.78 is 10.2. The van der Waals surface area contributed by atoms with Gasteiger partial charge in [-0.05, 0) is 19.8 Å². The van der Waals surface area contributed by atoms with E-state index >= 15 is 0 Å². The zero-order valence-electron chi connectivity index (χ0n) is 10.8. The molecule has 3 N–H and O–H groups in total. The SMILES string of the molecule is CCOC(=O)C(N)C(=O)NCCOC1CCCC1. The zero-order valence-corrected chi connectivity index (χ0v) is 10.8. The predicted octanol–water partition coefficient (Wildman–Crippen LogP) is -0.0478. The number of carbonyl (C=O) groups excluding carboxylic acids is 2. The van der Waals surface area contributed by atoms with E-state index in [1.54, 1.807) is 6.92 Å². The van der Waals surface area contributed by atoms with Gasteiger partial charge in [-0.25, -0.2) is 4.79 Å². The third-order valence-corrected chi connectivity index (χ3v) is 2.88. The summed E-state index contributed by atoms with van der Waals surface area (Å²) in [7, 11) is 0. The second-order valence-corrected chi connectivity index (χ2v) is 4.30. The molecule has 1 rings (SSSR count). The van der Waals surface area contributed by atoms with Crippen molar-refractivity contribution in [1.29, 1.82) is 0 Å². The molecule has 1 fully saturated rings. The molecule has 0 aromatic heterocycles. The molecule has 6 heteroatoms. The number of ether oxygens (including phenoxy) is 2. The maximum Gasteiger partial charge on any atom is 0.332 e. The van der Waals surface area contributed by atoms with Gasteiger partial charge in [0.25, 0.3) is 0 Å². The van der Waals surface area contributed by atoms with Crippen LogP contribution in [-0.2, 0) is 19.1 Å². The van der Waals surface area contributed by atoms with Crippen molar-refractivity contribution in [2.24, 2.45) is 5.73 Å². The summed E-state index contributed by atoms with van der Waals surface area (Å²) in [5.74, 6) is -1.23. The highest BCUT2D eigenvalue weighted by atomic mass is 16.5. The average Bonchev–Trinajstić information content (AvgIpc) is 2.86. The minimum Gasteiger partial charge on any atom is -0.464 e. The van der Waals surface area contributed by atoms with Crippen LogP contribution in [0.4, 0.5) is 0 Å². The van der Waals surface area contributed by atoms with Crippen LogP contribution in [0.25, 0.3) is 0 Å². The van der Waals surface area contributed by atoms with E-state index in [9.17, 15) is 9.59 Å². The first-order chi connectivity index (χ1) is 8.65. The van der Waals surface area contributed by atoms with E-state index in [4.69, 9.17) is 10.5 Å². The Bertz CT molecular complexity index is 277. The molecule has 6 nitrogen and oxygen atoms in total. The monoisotopic (exact) mass is 258 g/mol. The lowest BCUT2D eigenvalue weighted by molar-refractivity contribution is -0.148. The van der Waals surface area contributed by atoms with Gasteiger partial charge in [0.15, 0.2) is 6.04 Å². The highest BCUT2D eigenvalue weighted by Gasteiger charge is 2.23. The number of carbonyl (C=O) groups is 2. The molecule has 18 heavy (non-hydrogen) atoms. The number of hydrogen-bond acceptors (Lipinski definition) is 5. The van der Waals surface area contributed by atoms with Crippen LogP contribution in [0.3, 0.4) is 0 Å². The first-order valence-corrected chi connectivity index (χ1v) is 6.46. The number of nitrogens with two attached hydrogens (primary N) is 1. The number of esters is 1. The van der Waals surface area contributed by atoms with Crippen LogP contribution in [0.5, 0.6) is 0 Å². The Hall–Kier alpha value is -1.14. The summed E-state index contributed by atoms with van der Waals surface area (Å²) in [6, 6.07) is -1.25. The smallest absolute Gasteiger partial charge is 0.332 e. The maximum atomic E-state index is 11.5. The Morgan fingerprint density at radius 2 is 2.06 bits per heavy atom. The van der Waals surface area contributed by atoms with Gasteiger partial charge in [-0.1, -0.05) is 12.8 Å². The van der Waals surface area contributed by atoms with Gasteiger partial charge in [-0.3, -0.25) is 4.79 Å². The fourth-order valence-electron chi connectivity index (χ4n) is 1.90. The minimum atomic E-state index is -1.25. The molecular formula is C12H22N2O4. The van der Waals surface area contributed by atoms with Gasteiger partial charge in [0.2, 0.25) is 5.91 Å². The Morgan fingerprint density at radius 1 is 1.39 bits per heavy atom. The van der Waals surface area contributed by atoms with Crippen LogP contribution in [0, 0.1) is 0 Å². The standard InChI is InChI=1S/C12H22N2O4/c1-2-17-12(16)10(13)11(15)14-7-8-18-9-5-3-4-6-9/h9-10H,2-8,13H2,1H3,(H,14,15). The number of nitrogens with one attached hydrogen (secondary N) is 1. The summed E-state index contributed by atoms with van der Waals surface area (Å²) in [6.07, 6.45) is 4.93. The van der Waals surface area contributed by atoms with E-state index in [1.807, 2.05) is 0 Å². The van der Waals surface area contributed by atoms with Crippen molar-refractivity contribution in [3.63, 3.8) is 0 Å². The summed E-state index contributed by atoms with van der Waals surface area (Å²) in [6.45, 7) is 2.69. The van der Waals surface area contributed by atoms with Crippen LogP contribution >= 0.6 is 0 Å². The molecule has 1 saturated carbocycles. The molecule has 0 heterocycles. The molecule has 1 aliphatic rings. The number of amides is 1. The molecule has 1 atom stereocenters. The first kappa shape index (κ1) is 14.9. The third-order valence-electron chi connectivity index (χ3n) is 2.88. The molecule has 0 aromatic rings. The van der Waals surface area contributed by atoms with Gasteiger partial charge in [0.1, 0.15) is 0 Å². The highest BCUT2D eigenvalue weighted by Crippen LogP contribution is 2.20. The van der Waals surface area contributed by atoms with E-state index < -0.39 is 17.9 Å². The average molecular weight is 258 g/mol. The van der Waals surface area contributed by atoms with E-state index in [2.05, 4.69) is 10.1 Å². The zero-order chi connectivity index (χ0) is 13.4. The minimum absolute atomic E-state index is 0.213. The second kappa shape index (κ2) is 8.05. The molecule has 1 unspecified atom stereocenters. The van der Waals surface area contributed by atoms with Crippen molar-refractivity contribution < 1.29 is 19.1 Å². The number of hydrogen-bond donors (Lipinski definition) is 2. The van der Waals surface area contributed by atoms with Gasteiger partial charge in [-0.2, -0.15) is 0 Å². The fourth-order valence-corrected chi connectivity index (χ4v) is 1.90. The molecule has 1 aliphatic carbocycles. The maximum absolute atomic E-state index is 11.5. The summed E-state index contributed by atoms with van der Waals surface area (Å²) in [4.78, 5) is 22.6. The summed E-state index contributed by atoms with van der Waals surface area (Å²) in [5, 5.41) is 2.56. The lowest BCUT2D eigenvalue weighted by atomic mass is 10.3. The topological polar surface area (TPSA) is 90.7 Å². The Morgan fingerprint density at radius 3 is 2.67 bits per heavy atom. The Kier molecular flexibility index (Phi) is 6.67. The Labute approximate surface area is 107 Å². The molecule has 0 aliphatic heterocycles. The molecule has 0 aromatic carbocycles. The van der Waals surface area contributed by atoms with Crippen LogP contribution in [0.15, 0.2) is 0 Å². The molecular weight excluding hydrogens is 236 g/mol. The molecule has 0 saturated heterocycles. The van der Waals surface area contributed by atoms with Crippen molar-refractivity contribution in [3.8, 4) is 0 Å². The third kappa shape index (κ3) is 5.01. The quantitative estimate of drug-likeness (QED) is 0.379. The Balaban J connectivity index is 2.10. The van der Waals surface area contributed by atoms with Crippen LogP contribution in [-0.4, -0.2) is 43.8 Å². The van der Waals surface area contributed by atoms with Gasteiger partial charge in [-0.15, -0.1) is 0 Å². The number of rotatable bonds is 7. The molecule has 104 valence electrons. The lowest BCUT2D eigenvalue weighted by Crippen LogP contribution is -2.47. The molecule has 0 radical (unpaired) electrons. The second-order valence-electron chi connectivity index (χ2n) is 4.30. The molecule has 0 bridgehead atoms. The van der Waals surface area contributed by atoms with Gasteiger partial charge in [0.05, 0.1) is 19.3 Å². The van der Waals surface area contributed by atoms with E-state index in [1.165, 1.54) is 12.8 Å². The largest absolute Gasteiger partial charge is 0.464 e. The van der Waals surface area contributed by atoms with Gasteiger partial charge in [0, 0.05) is 6.54 Å². The van der Waals surface area contributed by atoms with Crippen LogP contribution in [0.1, 0.15) is 32.6 Å². The van der Waals surface area contributed by atoms with E-state index in [0.717, 1.165) is 12.8 Å².